The predicted octanol–water partition coefficient (Wildman–Crippen LogP) is 3.52. The molecule has 1 aliphatic rings. The summed E-state index contributed by atoms with van der Waals surface area (Å²) < 4.78 is 0. The minimum absolute atomic E-state index is 0.0956. The van der Waals surface area contributed by atoms with Crippen LogP contribution in [0.1, 0.15) is 51.8 Å². The molecule has 1 aromatic heterocycles. The molecule has 1 aliphatic carbocycles. The number of nitrogens with zero attached hydrogens (tertiary/aromatic N) is 1. The molecule has 7 heteroatoms. The van der Waals surface area contributed by atoms with E-state index in [0.29, 0.717) is 18.2 Å². The molecule has 23 heavy (non-hydrogen) atoms. The third-order valence-corrected chi connectivity index (χ3v) is 6.08. The van der Waals surface area contributed by atoms with Gasteiger partial charge in [-0.15, -0.1) is 11.3 Å². The van der Waals surface area contributed by atoms with Crippen LogP contribution in [0.5, 0.6) is 0 Å². The fraction of sp³-hybridized carbons (Fsp3) is 0.688. The first-order chi connectivity index (χ1) is 10.6. The SMILES string of the molecule is CC(C)c1scnc1NC(=O)NC(C)[C@@H]1C[C@H](C(=O)O)C1(C)C. The summed E-state index contributed by atoms with van der Waals surface area (Å²) in [5.74, 6) is -0.0460. The molecule has 0 spiro atoms. The van der Waals surface area contributed by atoms with Crippen molar-refractivity contribution < 1.29 is 14.7 Å². The average Bonchev–Trinajstić information content (AvgIpc) is 2.84. The number of anilines is 1. The first kappa shape index (κ1) is 17.7. The van der Waals surface area contributed by atoms with Crippen LogP contribution in [0.4, 0.5) is 10.6 Å². The second-order valence-corrected chi connectivity index (χ2v) is 8.05. The summed E-state index contributed by atoms with van der Waals surface area (Å²) in [6.45, 7) is 9.94. The summed E-state index contributed by atoms with van der Waals surface area (Å²) in [6, 6.07) is -0.387. The van der Waals surface area contributed by atoms with Gasteiger partial charge in [0.05, 0.1) is 16.3 Å². The van der Waals surface area contributed by atoms with E-state index in [-0.39, 0.29) is 29.3 Å². The maximum atomic E-state index is 12.2. The number of carboxylic acids is 1. The number of nitrogens with one attached hydrogen (secondary N) is 2. The second-order valence-electron chi connectivity index (χ2n) is 7.16. The lowest BCUT2D eigenvalue weighted by atomic mass is 9.53. The van der Waals surface area contributed by atoms with E-state index in [1.807, 2.05) is 20.8 Å². The van der Waals surface area contributed by atoms with Gasteiger partial charge in [-0.3, -0.25) is 10.1 Å². The Morgan fingerprint density at radius 1 is 1.39 bits per heavy atom. The van der Waals surface area contributed by atoms with Crippen LogP contribution in [-0.4, -0.2) is 28.1 Å². The van der Waals surface area contributed by atoms with Crippen LogP contribution in [0.3, 0.4) is 0 Å². The molecule has 0 aromatic carbocycles. The zero-order chi connectivity index (χ0) is 17.4. The summed E-state index contributed by atoms with van der Waals surface area (Å²) in [7, 11) is 0. The van der Waals surface area contributed by atoms with Gasteiger partial charge in [-0.25, -0.2) is 9.78 Å². The highest BCUT2D eigenvalue weighted by molar-refractivity contribution is 7.10. The Hall–Kier alpha value is -1.63. The fourth-order valence-corrected chi connectivity index (χ4v) is 4.20. The molecule has 1 unspecified atom stereocenters. The third kappa shape index (κ3) is 3.49. The molecule has 3 N–H and O–H groups in total. The summed E-state index contributed by atoms with van der Waals surface area (Å²) in [6.07, 6.45) is 0.595. The van der Waals surface area contributed by atoms with Crippen LogP contribution in [0.2, 0.25) is 0 Å². The van der Waals surface area contributed by atoms with Crippen molar-refractivity contribution >= 4 is 29.2 Å². The molecule has 0 saturated heterocycles. The Bertz CT molecular complexity index is 597. The summed E-state index contributed by atoms with van der Waals surface area (Å²) >= 11 is 1.52. The Morgan fingerprint density at radius 2 is 2.04 bits per heavy atom. The zero-order valence-electron chi connectivity index (χ0n) is 14.2. The Labute approximate surface area is 140 Å². The van der Waals surface area contributed by atoms with Gasteiger partial charge in [0.25, 0.3) is 0 Å². The van der Waals surface area contributed by atoms with E-state index in [1.54, 1.807) is 5.51 Å². The normalized spacial score (nSPS) is 23.9. The number of hydrogen-bond acceptors (Lipinski definition) is 4. The number of aliphatic carboxylic acids is 1. The molecular formula is C16H25N3O3S. The highest BCUT2D eigenvalue weighted by Crippen LogP contribution is 2.52. The lowest BCUT2D eigenvalue weighted by Crippen LogP contribution is -2.57. The van der Waals surface area contributed by atoms with Crippen molar-refractivity contribution in [2.45, 2.75) is 53.0 Å². The second kappa shape index (κ2) is 6.47. The molecule has 2 amide bonds. The van der Waals surface area contributed by atoms with Gasteiger partial charge in [0.1, 0.15) is 5.82 Å². The number of thiazole rings is 1. The first-order valence-electron chi connectivity index (χ1n) is 7.88. The van der Waals surface area contributed by atoms with Crippen molar-refractivity contribution in [1.29, 1.82) is 0 Å². The van der Waals surface area contributed by atoms with Crippen LogP contribution in [0.25, 0.3) is 0 Å². The number of urea groups is 1. The van der Waals surface area contributed by atoms with Crippen molar-refractivity contribution in [2.75, 3.05) is 5.32 Å². The van der Waals surface area contributed by atoms with Crippen molar-refractivity contribution in [3.63, 3.8) is 0 Å². The molecule has 1 saturated carbocycles. The molecule has 128 valence electrons. The highest BCUT2D eigenvalue weighted by Gasteiger charge is 2.53. The lowest BCUT2D eigenvalue weighted by molar-refractivity contribution is -0.160. The smallest absolute Gasteiger partial charge is 0.320 e. The van der Waals surface area contributed by atoms with E-state index in [0.717, 1.165) is 4.88 Å². The molecule has 3 atom stereocenters. The maximum Gasteiger partial charge on any atom is 0.320 e. The minimum Gasteiger partial charge on any atom is -0.481 e. The van der Waals surface area contributed by atoms with Crippen LogP contribution < -0.4 is 10.6 Å². The highest BCUT2D eigenvalue weighted by atomic mass is 32.1. The fourth-order valence-electron chi connectivity index (χ4n) is 3.44. The Kier molecular flexibility index (Phi) is 4.98. The topological polar surface area (TPSA) is 91.3 Å². The van der Waals surface area contributed by atoms with Gasteiger partial charge in [-0.2, -0.15) is 0 Å². The molecule has 6 nitrogen and oxygen atoms in total. The molecule has 1 heterocycles. The van der Waals surface area contributed by atoms with Gasteiger partial charge in [-0.1, -0.05) is 27.7 Å². The van der Waals surface area contributed by atoms with Crippen molar-refractivity contribution in [3.05, 3.63) is 10.4 Å². The van der Waals surface area contributed by atoms with E-state index < -0.39 is 5.97 Å². The Morgan fingerprint density at radius 3 is 2.57 bits per heavy atom. The molecule has 1 aromatic rings. The third-order valence-electron chi connectivity index (χ3n) is 4.95. The van der Waals surface area contributed by atoms with Gasteiger partial charge < -0.3 is 10.4 Å². The summed E-state index contributed by atoms with van der Waals surface area (Å²) in [4.78, 5) is 28.6. The molecule has 0 aliphatic heterocycles. The molecule has 2 rings (SSSR count). The quantitative estimate of drug-likeness (QED) is 0.765. The van der Waals surface area contributed by atoms with Gasteiger partial charge in [0.15, 0.2) is 0 Å². The van der Waals surface area contributed by atoms with Crippen LogP contribution in [0, 0.1) is 17.3 Å². The van der Waals surface area contributed by atoms with E-state index in [2.05, 4.69) is 29.5 Å². The molecule has 0 bridgehead atoms. The largest absolute Gasteiger partial charge is 0.481 e. The number of amides is 2. The van der Waals surface area contributed by atoms with Crippen molar-refractivity contribution in [2.24, 2.45) is 17.3 Å². The van der Waals surface area contributed by atoms with Gasteiger partial charge in [-0.05, 0) is 30.6 Å². The summed E-state index contributed by atoms with van der Waals surface area (Å²) in [5, 5.41) is 14.9. The number of rotatable bonds is 5. The minimum atomic E-state index is -0.757. The summed E-state index contributed by atoms with van der Waals surface area (Å²) in [5.41, 5.74) is 1.41. The van der Waals surface area contributed by atoms with Crippen LogP contribution in [-0.2, 0) is 4.79 Å². The average molecular weight is 339 g/mol. The van der Waals surface area contributed by atoms with Gasteiger partial charge >= 0.3 is 12.0 Å². The van der Waals surface area contributed by atoms with E-state index in [9.17, 15) is 14.7 Å². The van der Waals surface area contributed by atoms with E-state index in [1.165, 1.54) is 11.3 Å². The van der Waals surface area contributed by atoms with E-state index >= 15 is 0 Å². The number of aromatic nitrogens is 1. The maximum absolute atomic E-state index is 12.2. The van der Waals surface area contributed by atoms with Crippen molar-refractivity contribution in [3.8, 4) is 0 Å². The monoisotopic (exact) mass is 339 g/mol. The molecular weight excluding hydrogens is 314 g/mol. The predicted molar refractivity (Wildman–Crippen MR) is 90.8 cm³/mol. The molecule has 1 fully saturated rings. The number of carbonyl (C=O) groups is 2. The Balaban J connectivity index is 1.93. The van der Waals surface area contributed by atoms with Gasteiger partial charge in [0.2, 0.25) is 0 Å². The van der Waals surface area contributed by atoms with Crippen LogP contribution in [0.15, 0.2) is 5.51 Å². The number of hydrogen-bond donors (Lipinski definition) is 3. The standard InChI is InChI=1S/C16H25N3O3S/c1-8(2)12-13(17-7-23-12)19-15(22)18-9(3)10-6-11(14(20)21)16(10,4)5/h7-11H,6H2,1-5H3,(H,20,21)(H2,18,19,22)/t9?,10-,11+/m0/s1. The first-order valence-corrected chi connectivity index (χ1v) is 8.76. The van der Waals surface area contributed by atoms with Crippen LogP contribution >= 0.6 is 11.3 Å². The number of carboxylic acid groups (broad SMARTS) is 1. The number of carbonyl (C=O) groups excluding carboxylic acids is 1. The van der Waals surface area contributed by atoms with Gasteiger partial charge in [0, 0.05) is 6.04 Å². The lowest BCUT2D eigenvalue weighted by Gasteiger charge is -2.52. The van der Waals surface area contributed by atoms with E-state index in [4.69, 9.17) is 0 Å². The zero-order valence-corrected chi connectivity index (χ0v) is 15.0. The molecule has 0 radical (unpaired) electrons. The van der Waals surface area contributed by atoms with Crippen molar-refractivity contribution in [1.82, 2.24) is 10.3 Å².